The summed E-state index contributed by atoms with van der Waals surface area (Å²) >= 11 is 0. The largest absolute Gasteiger partial charge is 0.338 e. The van der Waals surface area contributed by atoms with E-state index in [1.165, 1.54) is 12.0 Å². The Labute approximate surface area is 104 Å². The number of carbonyl (C=O) groups excluding carboxylic acids is 1. The highest BCUT2D eigenvalue weighted by Crippen LogP contribution is 2.17. The summed E-state index contributed by atoms with van der Waals surface area (Å²) in [5, 5.41) is 3.19. The van der Waals surface area contributed by atoms with Crippen molar-refractivity contribution >= 4 is 5.91 Å². The SMILES string of the molecule is CC(C(=O)N(C)C1CCCN(C)C1)=C1CNC1. The Hall–Kier alpha value is -0.870. The molecule has 17 heavy (non-hydrogen) atoms. The van der Waals surface area contributed by atoms with Gasteiger partial charge in [0, 0.05) is 38.3 Å². The normalized spacial score (nSPS) is 25.4. The van der Waals surface area contributed by atoms with Crippen molar-refractivity contribution in [3.8, 4) is 0 Å². The first-order valence-corrected chi connectivity index (χ1v) is 6.44. The second-order valence-electron chi connectivity index (χ2n) is 5.31. The smallest absolute Gasteiger partial charge is 0.249 e. The molecule has 1 atom stereocenters. The van der Waals surface area contributed by atoms with Gasteiger partial charge in [0.2, 0.25) is 5.91 Å². The molecule has 2 aliphatic rings. The Kier molecular flexibility index (Phi) is 3.84. The van der Waals surface area contributed by atoms with Crippen molar-refractivity contribution in [2.45, 2.75) is 25.8 Å². The van der Waals surface area contributed by atoms with Crippen molar-refractivity contribution in [2.75, 3.05) is 40.3 Å². The fourth-order valence-electron chi connectivity index (χ4n) is 2.55. The van der Waals surface area contributed by atoms with E-state index in [1.807, 2.05) is 18.9 Å². The van der Waals surface area contributed by atoms with Crippen molar-refractivity contribution in [3.05, 3.63) is 11.1 Å². The highest BCUT2D eigenvalue weighted by atomic mass is 16.2. The van der Waals surface area contributed by atoms with E-state index in [0.717, 1.165) is 38.2 Å². The van der Waals surface area contributed by atoms with Crippen LogP contribution in [0, 0.1) is 0 Å². The zero-order valence-corrected chi connectivity index (χ0v) is 11.1. The number of hydrogen-bond acceptors (Lipinski definition) is 3. The van der Waals surface area contributed by atoms with E-state index in [4.69, 9.17) is 0 Å². The van der Waals surface area contributed by atoms with E-state index in [2.05, 4.69) is 17.3 Å². The minimum absolute atomic E-state index is 0.210. The van der Waals surface area contributed by atoms with Gasteiger partial charge < -0.3 is 15.1 Å². The fraction of sp³-hybridized carbons (Fsp3) is 0.769. The maximum absolute atomic E-state index is 12.3. The molecule has 0 bridgehead atoms. The molecule has 0 spiro atoms. The van der Waals surface area contributed by atoms with Gasteiger partial charge in [-0.1, -0.05) is 0 Å². The Morgan fingerprint density at radius 1 is 1.47 bits per heavy atom. The number of nitrogens with zero attached hydrogens (tertiary/aromatic N) is 2. The van der Waals surface area contributed by atoms with E-state index in [9.17, 15) is 4.79 Å². The van der Waals surface area contributed by atoms with Gasteiger partial charge in [-0.15, -0.1) is 0 Å². The number of piperidine rings is 1. The van der Waals surface area contributed by atoms with Crippen LogP contribution in [0.25, 0.3) is 0 Å². The third kappa shape index (κ3) is 2.69. The lowest BCUT2D eigenvalue weighted by Crippen LogP contribution is -2.48. The molecule has 2 rings (SSSR count). The zero-order valence-electron chi connectivity index (χ0n) is 11.1. The maximum atomic E-state index is 12.3. The van der Waals surface area contributed by atoms with Crippen molar-refractivity contribution in [1.29, 1.82) is 0 Å². The first-order valence-electron chi connectivity index (χ1n) is 6.44. The highest BCUT2D eigenvalue weighted by molar-refractivity contribution is 5.94. The van der Waals surface area contributed by atoms with E-state index < -0.39 is 0 Å². The zero-order chi connectivity index (χ0) is 12.4. The second kappa shape index (κ2) is 5.19. The number of nitrogens with one attached hydrogen (secondary N) is 1. The van der Waals surface area contributed by atoms with Crippen molar-refractivity contribution in [2.24, 2.45) is 0 Å². The van der Waals surface area contributed by atoms with E-state index in [-0.39, 0.29) is 5.91 Å². The molecule has 0 aliphatic carbocycles. The summed E-state index contributed by atoms with van der Waals surface area (Å²) in [4.78, 5) is 16.6. The van der Waals surface area contributed by atoms with Crippen molar-refractivity contribution in [3.63, 3.8) is 0 Å². The first-order chi connectivity index (χ1) is 8.09. The molecule has 0 aromatic carbocycles. The Morgan fingerprint density at radius 3 is 2.71 bits per heavy atom. The summed E-state index contributed by atoms with van der Waals surface area (Å²) in [6.07, 6.45) is 2.32. The quantitative estimate of drug-likeness (QED) is 0.709. The van der Waals surface area contributed by atoms with Crippen LogP contribution in [-0.2, 0) is 4.79 Å². The summed E-state index contributed by atoms with van der Waals surface area (Å²) < 4.78 is 0. The number of hydrogen-bond donors (Lipinski definition) is 1. The van der Waals surface area contributed by atoms with Gasteiger partial charge in [-0.2, -0.15) is 0 Å². The van der Waals surface area contributed by atoms with Gasteiger partial charge in [-0.25, -0.2) is 0 Å². The van der Waals surface area contributed by atoms with Crippen molar-refractivity contribution < 1.29 is 4.79 Å². The van der Waals surface area contributed by atoms with Crippen LogP contribution in [0.5, 0.6) is 0 Å². The van der Waals surface area contributed by atoms with Gasteiger partial charge in [0.05, 0.1) is 0 Å². The van der Waals surface area contributed by atoms with Gasteiger partial charge in [0.15, 0.2) is 0 Å². The Morgan fingerprint density at radius 2 is 2.18 bits per heavy atom. The van der Waals surface area contributed by atoms with Crippen LogP contribution in [0.4, 0.5) is 0 Å². The molecule has 1 unspecified atom stereocenters. The van der Waals surface area contributed by atoms with Gasteiger partial charge in [-0.3, -0.25) is 4.79 Å². The number of likely N-dealkylation sites (N-methyl/N-ethyl adjacent to an activating group) is 2. The molecule has 2 fully saturated rings. The molecule has 2 saturated heterocycles. The topological polar surface area (TPSA) is 35.6 Å². The molecule has 4 heteroatoms. The average molecular weight is 237 g/mol. The standard InChI is InChI=1S/C13H23N3O/c1-10(11-7-14-8-11)13(17)16(3)12-5-4-6-15(2)9-12/h12,14H,4-9H2,1-3H3. The molecule has 0 radical (unpaired) electrons. The molecule has 4 nitrogen and oxygen atoms in total. The third-order valence-corrected chi connectivity index (χ3v) is 4.00. The van der Waals surface area contributed by atoms with Gasteiger partial charge in [0.1, 0.15) is 0 Å². The third-order valence-electron chi connectivity index (χ3n) is 4.00. The Bertz CT molecular complexity index is 332. The molecule has 96 valence electrons. The lowest BCUT2D eigenvalue weighted by Gasteiger charge is -2.36. The predicted molar refractivity (Wildman–Crippen MR) is 68.9 cm³/mol. The van der Waals surface area contributed by atoms with Crippen LogP contribution in [0.3, 0.4) is 0 Å². The summed E-state index contributed by atoms with van der Waals surface area (Å²) in [7, 11) is 4.08. The van der Waals surface area contributed by atoms with Crippen LogP contribution in [-0.4, -0.2) is 62.0 Å². The molecule has 2 heterocycles. The van der Waals surface area contributed by atoms with Crippen LogP contribution in [0.2, 0.25) is 0 Å². The van der Waals surface area contributed by atoms with Crippen LogP contribution >= 0.6 is 0 Å². The van der Waals surface area contributed by atoms with Crippen molar-refractivity contribution in [1.82, 2.24) is 15.1 Å². The molecule has 1 amide bonds. The van der Waals surface area contributed by atoms with E-state index in [0.29, 0.717) is 6.04 Å². The van der Waals surface area contributed by atoms with Gasteiger partial charge in [-0.05, 0) is 38.9 Å². The average Bonchev–Trinajstić information content (AvgIpc) is 2.24. The van der Waals surface area contributed by atoms with E-state index >= 15 is 0 Å². The van der Waals surface area contributed by atoms with Gasteiger partial charge >= 0.3 is 0 Å². The first kappa shape index (κ1) is 12.6. The molecular formula is C13H23N3O. The number of likely N-dealkylation sites (tertiary alicyclic amines) is 1. The fourth-order valence-corrected chi connectivity index (χ4v) is 2.55. The lowest BCUT2D eigenvalue weighted by molar-refractivity contribution is -0.128. The predicted octanol–water partition coefficient (Wildman–Crippen LogP) is 0.459. The number of carbonyl (C=O) groups is 1. The minimum atomic E-state index is 0.210. The second-order valence-corrected chi connectivity index (χ2v) is 5.31. The van der Waals surface area contributed by atoms with Gasteiger partial charge in [0.25, 0.3) is 0 Å². The Balaban J connectivity index is 1.99. The lowest BCUT2D eigenvalue weighted by atomic mass is 10.0. The highest BCUT2D eigenvalue weighted by Gasteiger charge is 2.26. The maximum Gasteiger partial charge on any atom is 0.249 e. The summed E-state index contributed by atoms with van der Waals surface area (Å²) in [6.45, 7) is 5.89. The molecular weight excluding hydrogens is 214 g/mol. The summed E-state index contributed by atoms with van der Waals surface area (Å²) in [6, 6.07) is 0.379. The molecule has 0 aromatic rings. The summed E-state index contributed by atoms with van der Waals surface area (Å²) in [5.74, 6) is 0.210. The monoisotopic (exact) mass is 237 g/mol. The van der Waals surface area contributed by atoms with Crippen LogP contribution in [0.1, 0.15) is 19.8 Å². The molecule has 1 N–H and O–H groups in total. The molecule has 0 aromatic heterocycles. The van der Waals surface area contributed by atoms with E-state index in [1.54, 1.807) is 0 Å². The number of rotatable bonds is 2. The molecule has 2 aliphatic heterocycles. The number of amides is 1. The minimum Gasteiger partial charge on any atom is -0.338 e. The summed E-state index contributed by atoms with van der Waals surface area (Å²) in [5.41, 5.74) is 2.21. The van der Waals surface area contributed by atoms with Crippen LogP contribution in [0.15, 0.2) is 11.1 Å². The van der Waals surface area contributed by atoms with Crippen LogP contribution < -0.4 is 5.32 Å². The molecule has 0 saturated carbocycles.